The van der Waals surface area contributed by atoms with Crippen LogP contribution in [0, 0.1) is 0 Å². The van der Waals surface area contributed by atoms with E-state index in [4.69, 9.17) is 9.47 Å². The molecular weight excluding hydrogens is 366 g/mol. The minimum absolute atomic E-state index is 0.0196. The van der Waals surface area contributed by atoms with Gasteiger partial charge in [0.05, 0.1) is 11.7 Å². The van der Waals surface area contributed by atoms with E-state index in [9.17, 15) is 4.79 Å². The van der Waals surface area contributed by atoms with Gasteiger partial charge >= 0.3 is 0 Å². The minimum atomic E-state index is -0.0666. The lowest BCUT2D eigenvalue weighted by atomic mass is 9.88. The maximum atomic E-state index is 11.6. The summed E-state index contributed by atoms with van der Waals surface area (Å²) >= 11 is 0. The average molecular weight is 402 g/mol. The normalized spacial score (nSPS) is 23.9. The molecule has 6 nitrogen and oxygen atoms in total. The quantitative estimate of drug-likeness (QED) is 0.793. The summed E-state index contributed by atoms with van der Waals surface area (Å²) in [4.78, 5) is 16.5. The molecule has 1 aromatic rings. The van der Waals surface area contributed by atoms with Crippen molar-refractivity contribution in [1.29, 1.82) is 0 Å². The molecule has 0 bridgehead atoms. The Labute approximate surface area is 174 Å². The average Bonchev–Trinajstić information content (AvgIpc) is 3.11. The number of hydrogen-bond acceptors (Lipinski definition) is 5. The van der Waals surface area contributed by atoms with Gasteiger partial charge in [-0.2, -0.15) is 0 Å². The molecule has 1 amide bonds. The van der Waals surface area contributed by atoms with E-state index in [1.165, 1.54) is 36.8 Å². The molecule has 1 spiro atoms. The second kappa shape index (κ2) is 9.02. The molecular formula is C23H35N3O3. The zero-order chi connectivity index (χ0) is 20.3. The first-order valence-corrected chi connectivity index (χ1v) is 11.1. The van der Waals surface area contributed by atoms with E-state index in [1.54, 1.807) is 0 Å². The third-order valence-electron chi connectivity index (χ3n) is 6.81. The van der Waals surface area contributed by atoms with Gasteiger partial charge in [0.2, 0.25) is 5.91 Å². The van der Waals surface area contributed by atoms with E-state index in [2.05, 4.69) is 40.4 Å². The Bertz CT molecular complexity index is 715. The number of likely N-dealkylation sites (tertiary alicyclic amines) is 1. The zero-order valence-corrected chi connectivity index (χ0v) is 17.9. The number of anilines is 1. The molecule has 0 saturated carbocycles. The molecule has 2 fully saturated rings. The standard InChI is InChI=1S/C23H35N3O3/c1-25-11-3-4-19-14-18(5-6-21(19)25)16-26-12-9-23(10-13-26)8-7-20(29-23)15-24-22(27)17-28-2/h5-6,14,20H,3-4,7-13,15-17H2,1-2H3,(H,24,27)/t20-/m1/s1. The maximum Gasteiger partial charge on any atom is 0.246 e. The number of carbonyl (C=O) groups is 1. The molecule has 0 radical (unpaired) electrons. The van der Waals surface area contributed by atoms with Gasteiger partial charge < -0.3 is 19.7 Å². The second-order valence-electron chi connectivity index (χ2n) is 8.96. The number of benzene rings is 1. The summed E-state index contributed by atoms with van der Waals surface area (Å²) in [5, 5.41) is 2.91. The number of methoxy groups -OCH3 is 1. The summed E-state index contributed by atoms with van der Waals surface area (Å²) in [6.07, 6.45) is 6.91. The number of aryl methyl sites for hydroxylation is 1. The van der Waals surface area contributed by atoms with Crippen LogP contribution in [0.3, 0.4) is 0 Å². The van der Waals surface area contributed by atoms with Crippen LogP contribution in [0.4, 0.5) is 5.69 Å². The first kappa shape index (κ1) is 20.6. The third kappa shape index (κ3) is 4.93. The Kier molecular flexibility index (Phi) is 6.42. The summed E-state index contributed by atoms with van der Waals surface area (Å²) < 4.78 is 11.3. The zero-order valence-electron chi connectivity index (χ0n) is 17.9. The Balaban J connectivity index is 1.25. The number of nitrogens with one attached hydrogen (secondary N) is 1. The predicted octanol–water partition coefficient (Wildman–Crippen LogP) is 2.35. The molecule has 29 heavy (non-hydrogen) atoms. The largest absolute Gasteiger partial charge is 0.375 e. The SMILES string of the molecule is COCC(=O)NC[C@H]1CCC2(CCN(Cc3ccc4c(c3)CCCN4C)CC2)O1. The molecule has 4 rings (SSSR count). The molecule has 3 heterocycles. The number of hydrogen-bond donors (Lipinski definition) is 1. The molecule has 2 saturated heterocycles. The van der Waals surface area contributed by atoms with E-state index in [0.29, 0.717) is 6.54 Å². The molecule has 1 aromatic carbocycles. The molecule has 3 aliphatic heterocycles. The smallest absolute Gasteiger partial charge is 0.246 e. The Morgan fingerprint density at radius 2 is 2.10 bits per heavy atom. The molecule has 0 aromatic heterocycles. The van der Waals surface area contributed by atoms with Crippen molar-refractivity contribution in [2.24, 2.45) is 0 Å². The highest BCUT2D eigenvalue weighted by Crippen LogP contribution is 2.39. The fourth-order valence-electron chi connectivity index (χ4n) is 5.13. The van der Waals surface area contributed by atoms with Gasteiger partial charge in [-0.1, -0.05) is 12.1 Å². The van der Waals surface area contributed by atoms with Gasteiger partial charge in [0.15, 0.2) is 0 Å². The lowest BCUT2D eigenvalue weighted by Gasteiger charge is -2.39. The van der Waals surface area contributed by atoms with Gasteiger partial charge in [0.25, 0.3) is 0 Å². The van der Waals surface area contributed by atoms with E-state index < -0.39 is 0 Å². The Hall–Kier alpha value is -1.63. The minimum Gasteiger partial charge on any atom is -0.375 e. The van der Waals surface area contributed by atoms with Crippen molar-refractivity contribution in [2.45, 2.75) is 56.8 Å². The van der Waals surface area contributed by atoms with Crippen molar-refractivity contribution in [3.63, 3.8) is 0 Å². The topological polar surface area (TPSA) is 54.0 Å². The fourth-order valence-corrected chi connectivity index (χ4v) is 5.13. The van der Waals surface area contributed by atoms with Crippen molar-refractivity contribution < 1.29 is 14.3 Å². The van der Waals surface area contributed by atoms with Gasteiger partial charge in [0, 0.05) is 52.6 Å². The van der Waals surface area contributed by atoms with E-state index in [-0.39, 0.29) is 24.2 Å². The van der Waals surface area contributed by atoms with Gasteiger partial charge in [-0.25, -0.2) is 0 Å². The molecule has 6 heteroatoms. The lowest BCUT2D eigenvalue weighted by Crippen LogP contribution is -2.45. The third-order valence-corrected chi connectivity index (χ3v) is 6.81. The van der Waals surface area contributed by atoms with E-state index in [1.807, 2.05) is 0 Å². The van der Waals surface area contributed by atoms with Crippen LogP contribution in [0.25, 0.3) is 0 Å². The lowest BCUT2D eigenvalue weighted by molar-refractivity contribution is -0.126. The van der Waals surface area contributed by atoms with Crippen molar-refractivity contribution in [1.82, 2.24) is 10.2 Å². The summed E-state index contributed by atoms with van der Waals surface area (Å²) in [6, 6.07) is 7.02. The van der Waals surface area contributed by atoms with Crippen molar-refractivity contribution >= 4 is 11.6 Å². The Morgan fingerprint density at radius 1 is 1.28 bits per heavy atom. The van der Waals surface area contributed by atoms with Crippen LogP contribution in [0.1, 0.15) is 43.2 Å². The summed E-state index contributed by atoms with van der Waals surface area (Å²) in [5.41, 5.74) is 4.36. The van der Waals surface area contributed by atoms with Crippen LogP contribution >= 0.6 is 0 Å². The van der Waals surface area contributed by atoms with Crippen molar-refractivity contribution in [2.75, 3.05) is 51.8 Å². The first-order valence-electron chi connectivity index (χ1n) is 11.1. The van der Waals surface area contributed by atoms with Gasteiger partial charge in [0.1, 0.15) is 6.61 Å². The number of nitrogens with zero attached hydrogens (tertiary/aromatic N) is 2. The number of fused-ring (bicyclic) bond motifs is 1. The molecule has 160 valence electrons. The van der Waals surface area contributed by atoms with Crippen LogP contribution in [-0.2, 0) is 27.2 Å². The monoisotopic (exact) mass is 401 g/mol. The van der Waals surface area contributed by atoms with E-state index >= 15 is 0 Å². The van der Waals surface area contributed by atoms with E-state index in [0.717, 1.165) is 51.9 Å². The number of piperidine rings is 1. The summed E-state index contributed by atoms with van der Waals surface area (Å²) in [5.74, 6) is -0.0666. The second-order valence-corrected chi connectivity index (χ2v) is 8.96. The van der Waals surface area contributed by atoms with Gasteiger partial charge in [-0.05, 0) is 55.7 Å². The van der Waals surface area contributed by atoms with Crippen LogP contribution in [0.5, 0.6) is 0 Å². The number of ether oxygens (including phenoxy) is 2. The number of amides is 1. The molecule has 3 aliphatic rings. The van der Waals surface area contributed by atoms with Crippen LogP contribution < -0.4 is 10.2 Å². The fraction of sp³-hybridized carbons (Fsp3) is 0.696. The first-order chi connectivity index (χ1) is 14.1. The molecule has 0 unspecified atom stereocenters. The van der Waals surface area contributed by atoms with Crippen molar-refractivity contribution in [3.8, 4) is 0 Å². The number of carbonyl (C=O) groups excluding carboxylic acids is 1. The molecule has 1 N–H and O–H groups in total. The van der Waals surface area contributed by atoms with Crippen molar-refractivity contribution in [3.05, 3.63) is 29.3 Å². The molecule has 1 atom stereocenters. The Morgan fingerprint density at radius 3 is 2.90 bits per heavy atom. The van der Waals surface area contributed by atoms with Gasteiger partial charge in [-0.3, -0.25) is 9.69 Å². The summed E-state index contributed by atoms with van der Waals surface area (Å²) in [6.45, 7) is 5.07. The van der Waals surface area contributed by atoms with Gasteiger partial charge in [-0.15, -0.1) is 0 Å². The summed E-state index contributed by atoms with van der Waals surface area (Å²) in [7, 11) is 3.73. The van der Waals surface area contributed by atoms with Crippen LogP contribution in [-0.4, -0.2) is 69.5 Å². The number of rotatable bonds is 6. The highest BCUT2D eigenvalue weighted by molar-refractivity contribution is 5.77. The highest BCUT2D eigenvalue weighted by atomic mass is 16.5. The molecule has 0 aliphatic carbocycles. The van der Waals surface area contributed by atoms with Crippen LogP contribution in [0.15, 0.2) is 18.2 Å². The maximum absolute atomic E-state index is 11.6. The highest BCUT2D eigenvalue weighted by Gasteiger charge is 2.42. The van der Waals surface area contributed by atoms with Crippen LogP contribution in [0.2, 0.25) is 0 Å². The predicted molar refractivity (Wildman–Crippen MR) is 114 cm³/mol.